The molecule has 0 aliphatic rings. The Bertz CT molecular complexity index is 1180. The van der Waals surface area contributed by atoms with Gasteiger partial charge in [0.1, 0.15) is 6.04 Å². The van der Waals surface area contributed by atoms with Gasteiger partial charge in [0.05, 0.1) is 11.9 Å². The summed E-state index contributed by atoms with van der Waals surface area (Å²) < 4.78 is 53.4. The van der Waals surface area contributed by atoms with E-state index in [0.29, 0.717) is 6.54 Å². The van der Waals surface area contributed by atoms with Gasteiger partial charge in [0.25, 0.3) is 0 Å². The number of nitrogens with one attached hydrogen (secondary N) is 1. The van der Waals surface area contributed by atoms with Gasteiger partial charge in [-0.3, -0.25) is 13.9 Å². The van der Waals surface area contributed by atoms with E-state index in [1.807, 2.05) is 38.1 Å². The van der Waals surface area contributed by atoms with Crippen molar-refractivity contribution in [3.05, 3.63) is 64.1 Å². The van der Waals surface area contributed by atoms with Crippen molar-refractivity contribution >= 4 is 43.5 Å². The van der Waals surface area contributed by atoms with Crippen LogP contribution in [0.25, 0.3) is 0 Å². The Morgan fingerprint density at radius 1 is 1.06 bits per heavy atom. The van der Waals surface area contributed by atoms with Crippen LogP contribution in [0.15, 0.2) is 46.9 Å². The van der Waals surface area contributed by atoms with Crippen LogP contribution in [0, 0.1) is 17.6 Å². The zero-order valence-electron chi connectivity index (χ0n) is 20.8. The summed E-state index contributed by atoms with van der Waals surface area (Å²) in [5, 5.41) is 2.84. The van der Waals surface area contributed by atoms with Gasteiger partial charge in [0.2, 0.25) is 21.8 Å². The van der Waals surface area contributed by atoms with E-state index in [1.54, 1.807) is 6.92 Å². The fourth-order valence-electron chi connectivity index (χ4n) is 3.51. The molecule has 0 bridgehead atoms. The molecule has 0 aliphatic carbocycles. The lowest BCUT2D eigenvalue weighted by Gasteiger charge is -2.29. The Kier molecular flexibility index (Phi) is 10.8. The van der Waals surface area contributed by atoms with Gasteiger partial charge in [-0.1, -0.05) is 41.9 Å². The maximum Gasteiger partial charge on any atom is 0.242 e. The number of hydrogen-bond acceptors (Lipinski definition) is 4. The van der Waals surface area contributed by atoms with E-state index in [4.69, 9.17) is 0 Å². The average molecular weight is 589 g/mol. The molecule has 2 amide bonds. The Morgan fingerprint density at radius 2 is 1.75 bits per heavy atom. The van der Waals surface area contributed by atoms with Crippen LogP contribution in [0.4, 0.5) is 14.5 Å². The highest BCUT2D eigenvalue weighted by atomic mass is 79.9. The van der Waals surface area contributed by atoms with E-state index in [1.165, 1.54) is 11.0 Å². The number of sulfonamides is 1. The Hall–Kier alpha value is -2.53. The van der Waals surface area contributed by atoms with Crippen molar-refractivity contribution in [2.75, 3.05) is 23.7 Å². The van der Waals surface area contributed by atoms with Crippen molar-refractivity contribution in [2.24, 2.45) is 5.92 Å². The highest BCUT2D eigenvalue weighted by Crippen LogP contribution is 2.22. The van der Waals surface area contributed by atoms with E-state index in [9.17, 15) is 26.8 Å². The van der Waals surface area contributed by atoms with Gasteiger partial charge < -0.3 is 10.2 Å². The average Bonchev–Trinajstić information content (AvgIpc) is 2.79. The SMILES string of the molecule is CC(C)CNC(=O)C(C)N(Cc1cccc(Br)c1)C(=O)CCCN(c1ccc(F)c(F)c1)S(C)(=O)=O. The van der Waals surface area contributed by atoms with Gasteiger partial charge in [-0.15, -0.1) is 0 Å². The van der Waals surface area contributed by atoms with Crippen LogP contribution in [-0.2, 0) is 26.2 Å². The first kappa shape index (κ1) is 29.7. The second kappa shape index (κ2) is 13.1. The number of halogens is 3. The van der Waals surface area contributed by atoms with Crippen LogP contribution in [0.3, 0.4) is 0 Å². The second-order valence-corrected chi connectivity index (χ2v) is 11.8. The van der Waals surface area contributed by atoms with Crippen molar-refractivity contribution in [1.82, 2.24) is 10.2 Å². The van der Waals surface area contributed by atoms with Crippen LogP contribution >= 0.6 is 15.9 Å². The fourth-order valence-corrected chi connectivity index (χ4v) is 4.92. The first-order valence-corrected chi connectivity index (χ1v) is 14.2. The molecular formula is C25H32BrF2N3O4S. The van der Waals surface area contributed by atoms with Gasteiger partial charge in [-0.05, 0) is 49.1 Å². The highest BCUT2D eigenvalue weighted by Gasteiger charge is 2.27. The van der Waals surface area contributed by atoms with Crippen LogP contribution in [0.1, 0.15) is 39.2 Å². The van der Waals surface area contributed by atoms with Crippen molar-refractivity contribution in [3.8, 4) is 0 Å². The Balaban J connectivity index is 2.18. The molecule has 36 heavy (non-hydrogen) atoms. The van der Waals surface area contributed by atoms with Crippen LogP contribution in [0.2, 0.25) is 0 Å². The lowest BCUT2D eigenvalue weighted by molar-refractivity contribution is -0.140. The fraction of sp³-hybridized carbons (Fsp3) is 0.440. The van der Waals surface area contributed by atoms with Gasteiger partial charge in [0, 0.05) is 36.6 Å². The number of benzene rings is 2. The molecule has 7 nitrogen and oxygen atoms in total. The quantitative estimate of drug-likeness (QED) is 0.397. The molecule has 0 fully saturated rings. The first-order valence-electron chi connectivity index (χ1n) is 11.5. The summed E-state index contributed by atoms with van der Waals surface area (Å²) >= 11 is 3.41. The highest BCUT2D eigenvalue weighted by molar-refractivity contribution is 9.10. The van der Waals surface area contributed by atoms with Gasteiger partial charge in [0.15, 0.2) is 11.6 Å². The molecule has 0 saturated carbocycles. The Morgan fingerprint density at radius 3 is 2.33 bits per heavy atom. The summed E-state index contributed by atoms with van der Waals surface area (Å²) in [6.45, 7) is 6.13. The van der Waals surface area contributed by atoms with Gasteiger partial charge >= 0.3 is 0 Å². The zero-order chi connectivity index (χ0) is 27.0. The predicted octanol–water partition coefficient (Wildman–Crippen LogP) is 4.46. The summed E-state index contributed by atoms with van der Waals surface area (Å²) in [4.78, 5) is 27.4. The number of hydrogen-bond donors (Lipinski definition) is 1. The maximum atomic E-state index is 13.7. The summed E-state index contributed by atoms with van der Waals surface area (Å²) in [5.41, 5.74) is 0.789. The first-order chi connectivity index (χ1) is 16.8. The number of anilines is 1. The summed E-state index contributed by atoms with van der Waals surface area (Å²) in [5.74, 6) is -2.63. The lowest BCUT2D eigenvalue weighted by atomic mass is 10.1. The van der Waals surface area contributed by atoms with Crippen molar-refractivity contribution < 1.29 is 26.8 Å². The lowest BCUT2D eigenvalue weighted by Crippen LogP contribution is -2.48. The van der Waals surface area contributed by atoms with Crippen molar-refractivity contribution in [1.29, 1.82) is 0 Å². The summed E-state index contributed by atoms with van der Waals surface area (Å²) in [6, 6.07) is 9.45. The number of nitrogens with zero attached hydrogens (tertiary/aromatic N) is 2. The van der Waals surface area contributed by atoms with E-state index in [0.717, 1.165) is 32.7 Å². The summed E-state index contributed by atoms with van der Waals surface area (Å²) in [7, 11) is -3.81. The smallest absolute Gasteiger partial charge is 0.242 e. The molecule has 198 valence electrons. The largest absolute Gasteiger partial charge is 0.354 e. The molecule has 11 heteroatoms. The molecule has 2 aromatic rings. The van der Waals surface area contributed by atoms with Crippen molar-refractivity contribution in [3.63, 3.8) is 0 Å². The number of carbonyl (C=O) groups excluding carboxylic acids is 2. The maximum absolute atomic E-state index is 13.7. The molecule has 2 aromatic carbocycles. The molecular weight excluding hydrogens is 556 g/mol. The third-order valence-corrected chi connectivity index (χ3v) is 7.12. The minimum Gasteiger partial charge on any atom is -0.354 e. The minimum atomic E-state index is -3.81. The molecule has 2 rings (SSSR count). The molecule has 1 unspecified atom stereocenters. The van der Waals surface area contributed by atoms with Gasteiger partial charge in [-0.2, -0.15) is 0 Å². The number of amides is 2. The van der Waals surface area contributed by atoms with Crippen molar-refractivity contribution in [2.45, 2.75) is 46.2 Å². The van der Waals surface area contributed by atoms with E-state index in [-0.39, 0.29) is 49.4 Å². The third-order valence-electron chi connectivity index (χ3n) is 5.44. The minimum absolute atomic E-state index is 0.0312. The standard InChI is InChI=1S/C25H32BrF2N3O4S/c1-17(2)15-29-25(33)18(3)30(16-19-7-5-8-20(26)13-19)24(32)9-6-12-31(36(4,34)35)21-10-11-22(27)23(28)14-21/h5,7-8,10-11,13-14,17-18H,6,9,12,15-16H2,1-4H3,(H,29,33). The third kappa shape index (κ3) is 8.85. The predicted molar refractivity (Wildman–Crippen MR) is 140 cm³/mol. The normalized spacial score (nSPS) is 12.3. The molecule has 0 heterocycles. The molecule has 0 saturated heterocycles. The molecule has 1 N–H and O–H groups in total. The monoisotopic (exact) mass is 587 g/mol. The van der Waals surface area contributed by atoms with Crippen LogP contribution in [0.5, 0.6) is 0 Å². The van der Waals surface area contributed by atoms with E-state index >= 15 is 0 Å². The molecule has 0 aliphatic heterocycles. The van der Waals surface area contributed by atoms with E-state index < -0.39 is 27.7 Å². The number of rotatable bonds is 12. The molecule has 0 aromatic heterocycles. The molecule has 1 atom stereocenters. The van der Waals surface area contributed by atoms with Gasteiger partial charge in [-0.25, -0.2) is 17.2 Å². The van der Waals surface area contributed by atoms with Crippen LogP contribution in [-0.4, -0.2) is 50.5 Å². The molecule has 0 spiro atoms. The van der Waals surface area contributed by atoms with Crippen LogP contribution < -0.4 is 9.62 Å². The molecule has 0 radical (unpaired) electrons. The zero-order valence-corrected chi connectivity index (χ0v) is 23.2. The number of carbonyl (C=O) groups is 2. The second-order valence-electron chi connectivity index (χ2n) is 9.00. The van der Waals surface area contributed by atoms with E-state index in [2.05, 4.69) is 21.2 Å². The Labute approximate surface area is 220 Å². The topological polar surface area (TPSA) is 86.8 Å². The summed E-state index contributed by atoms with van der Waals surface area (Å²) in [6.07, 6.45) is 1.02.